The summed E-state index contributed by atoms with van der Waals surface area (Å²) in [4.78, 5) is 0. The Morgan fingerprint density at radius 3 is 2.00 bits per heavy atom. The minimum atomic E-state index is -2.50. The molecular formula is C3H7F2NO. The van der Waals surface area contributed by atoms with Crippen molar-refractivity contribution in [1.82, 2.24) is 5.48 Å². The lowest BCUT2D eigenvalue weighted by atomic mass is 10.4. The van der Waals surface area contributed by atoms with Crippen LogP contribution in [0.2, 0.25) is 0 Å². The van der Waals surface area contributed by atoms with E-state index in [-0.39, 0.29) is 0 Å². The second-order valence-corrected chi connectivity index (χ2v) is 1.25. The third-order valence-corrected chi connectivity index (χ3v) is 0.582. The van der Waals surface area contributed by atoms with Crippen molar-refractivity contribution in [3.63, 3.8) is 0 Å². The van der Waals surface area contributed by atoms with Crippen LogP contribution in [0.1, 0.15) is 6.92 Å². The third kappa shape index (κ3) is 2.47. The molecule has 0 aromatic rings. The highest BCUT2D eigenvalue weighted by atomic mass is 19.3. The van der Waals surface area contributed by atoms with Gasteiger partial charge in [-0.2, -0.15) is 5.48 Å². The van der Waals surface area contributed by atoms with Crippen LogP contribution in [0.5, 0.6) is 0 Å². The lowest BCUT2D eigenvalue weighted by Crippen LogP contribution is -2.29. The smallest absolute Gasteiger partial charge is 0.255 e. The summed E-state index contributed by atoms with van der Waals surface area (Å²) in [5, 5.41) is 7.78. The zero-order valence-electron chi connectivity index (χ0n) is 3.86. The average molecular weight is 111 g/mol. The highest BCUT2D eigenvalue weighted by Crippen LogP contribution is 1.96. The molecule has 2 nitrogen and oxygen atoms in total. The normalized spacial score (nSPS) is 15.0. The molecule has 0 heterocycles. The number of halogens is 2. The summed E-state index contributed by atoms with van der Waals surface area (Å²) < 4.78 is 22.4. The largest absolute Gasteiger partial charge is 0.316 e. The molecule has 4 heteroatoms. The van der Waals surface area contributed by atoms with Gasteiger partial charge in [-0.3, -0.25) is 0 Å². The average Bonchev–Trinajstić information content (AvgIpc) is 1.65. The first-order valence-electron chi connectivity index (χ1n) is 1.86. The fourth-order valence-corrected chi connectivity index (χ4v) is 0.0563. The second kappa shape index (κ2) is 2.87. The van der Waals surface area contributed by atoms with Crippen LogP contribution in [0.25, 0.3) is 0 Å². The number of alkyl halides is 2. The van der Waals surface area contributed by atoms with Gasteiger partial charge in [0, 0.05) is 0 Å². The molecule has 2 N–H and O–H groups in total. The maximum Gasteiger partial charge on any atom is 0.255 e. The topological polar surface area (TPSA) is 32.3 Å². The Kier molecular flexibility index (Phi) is 2.78. The van der Waals surface area contributed by atoms with E-state index in [0.29, 0.717) is 0 Å². The summed E-state index contributed by atoms with van der Waals surface area (Å²) in [7, 11) is 0. The van der Waals surface area contributed by atoms with Crippen LogP contribution in [0.3, 0.4) is 0 Å². The molecule has 1 atom stereocenters. The molecule has 0 aromatic carbocycles. The molecule has 0 aromatic heterocycles. The van der Waals surface area contributed by atoms with E-state index in [0.717, 1.165) is 0 Å². The van der Waals surface area contributed by atoms with Gasteiger partial charge in [-0.05, 0) is 6.92 Å². The standard InChI is InChI=1S/C3H7F2NO/c1-2(6-7)3(4)5/h2-3,6-7H,1H3. The maximum absolute atomic E-state index is 11.2. The first kappa shape index (κ1) is 6.78. The van der Waals surface area contributed by atoms with Crippen LogP contribution in [-0.4, -0.2) is 17.7 Å². The predicted octanol–water partition coefficient (Wildman–Crippen LogP) is 0.619. The van der Waals surface area contributed by atoms with E-state index in [1.807, 2.05) is 0 Å². The fraction of sp³-hybridized carbons (Fsp3) is 1.00. The summed E-state index contributed by atoms with van der Waals surface area (Å²) >= 11 is 0. The van der Waals surface area contributed by atoms with Crippen LogP contribution in [0.15, 0.2) is 0 Å². The molecule has 0 radical (unpaired) electrons. The zero-order chi connectivity index (χ0) is 5.86. The molecule has 0 aliphatic rings. The minimum absolute atomic E-state index is 1.13. The summed E-state index contributed by atoms with van der Waals surface area (Å²) in [5.41, 5.74) is 1.41. The van der Waals surface area contributed by atoms with Crippen LogP contribution >= 0.6 is 0 Å². The van der Waals surface area contributed by atoms with Crippen LogP contribution in [0, 0.1) is 0 Å². The predicted molar refractivity (Wildman–Crippen MR) is 20.4 cm³/mol. The Hall–Kier alpha value is -0.220. The van der Waals surface area contributed by atoms with Crippen molar-refractivity contribution in [1.29, 1.82) is 0 Å². The Morgan fingerprint density at radius 2 is 2.00 bits per heavy atom. The number of hydroxylamine groups is 1. The van der Waals surface area contributed by atoms with Gasteiger partial charge in [0.05, 0.1) is 6.04 Å². The number of rotatable bonds is 2. The molecular weight excluding hydrogens is 104 g/mol. The van der Waals surface area contributed by atoms with Crippen molar-refractivity contribution in [2.75, 3.05) is 0 Å². The zero-order valence-corrected chi connectivity index (χ0v) is 3.86. The summed E-state index contributed by atoms with van der Waals surface area (Å²) in [6.45, 7) is 1.19. The molecule has 0 spiro atoms. The molecule has 1 unspecified atom stereocenters. The molecule has 0 fully saturated rings. The Morgan fingerprint density at radius 1 is 1.57 bits per heavy atom. The van der Waals surface area contributed by atoms with Crippen LogP contribution in [0.4, 0.5) is 8.78 Å². The van der Waals surface area contributed by atoms with Gasteiger partial charge in [-0.25, -0.2) is 8.78 Å². The molecule has 0 rings (SSSR count). The summed E-state index contributed by atoms with van der Waals surface area (Å²) in [6, 6.07) is -1.13. The Bertz CT molecular complexity index is 50.2. The molecule has 0 aliphatic carbocycles. The first-order chi connectivity index (χ1) is 3.18. The van der Waals surface area contributed by atoms with Crippen molar-refractivity contribution >= 4 is 0 Å². The lowest BCUT2D eigenvalue weighted by molar-refractivity contribution is 0.0289. The fourth-order valence-electron chi connectivity index (χ4n) is 0.0563. The van der Waals surface area contributed by atoms with Gasteiger partial charge in [0.25, 0.3) is 6.43 Å². The van der Waals surface area contributed by atoms with Crippen molar-refractivity contribution in [3.8, 4) is 0 Å². The van der Waals surface area contributed by atoms with E-state index >= 15 is 0 Å². The van der Waals surface area contributed by atoms with Gasteiger partial charge in [0.2, 0.25) is 0 Å². The highest BCUT2D eigenvalue weighted by molar-refractivity contribution is 4.53. The van der Waals surface area contributed by atoms with Crippen molar-refractivity contribution < 1.29 is 14.0 Å². The van der Waals surface area contributed by atoms with E-state index in [4.69, 9.17) is 5.21 Å². The van der Waals surface area contributed by atoms with E-state index < -0.39 is 12.5 Å². The van der Waals surface area contributed by atoms with Gasteiger partial charge < -0.3 is 5.21 Å². The number of nitrogens with one attached hydrogen (secondary N) is 1. The highest BCUT2D eigenvalue weighted by Gasteiger charge is 2.11. The maximum atomic E-state index is 11.2. The molecule has 0 bridgehead atoms. The quantitative estimate of drug-likeness (QED) is 0.512. The van der Waals surface area contributed by atoms with E-state index in [1.165, 1.54) is 12.4 Å². The van der Waals surface area contributed by atoms with Crippen molar-refractivity contribution in [2.45, 2.75) is 19.4 Å². The number of hydrogen-bond acceptors (Lipinski definition) is 2. The van der Waals surface area contributed by atoms with E-state index in [2.05, 4.69) is 0 Å². The van der Waals surface area contributed by atoms with Gasteiger partial charge in [0.1, 0.15) is 0 Å². The third-order valence-electron chi connectivity index (χ3n) is 0.582. The molecule has 7 heavy (non-hydrogen) atoms. The minimum Gasteiger partial charge on any atom is -0.316 e. The molecule has 0 amide bonds. The molecule has 0 aliphatic heterocycles. The molecule has 44 valence electrons. The van der Waals surface area contributed by atoms with Gasteiger partial charge in [0.15, 0.2) is 0 Å². The number of hydrogen-bond donors (Lipinski definition) is 2. The van der Waals surface area contributed by atoms with Gasteiger partial charge in [-0.1, -0.05) is 0 Å². The van der Waals surface area contributed by atoms with Crippen LogP contribution < -0.4 is 5.48 Å². The second-order valence-electron chi connectivity index (χ2n) is 1.25. The summed E-state index contributed by atoms with van der Waals surface area (Å²) in [6.07, 6.45) is -2.50. The van der Waals surface area contributed by atoms with Crippen molar-refractivity contribution in [2.24, 2.45) is 0 Å². The lowest BCUT2D eigenvalue weighted by Gasteiger charge is -2.04. The molecule has 0 saturated heterocycles. The summed E-state index contributed by atoms with van der Waals surface area (Å²) in [5.74, 6) is 0. The van der Waals surface area contributed by atoms with Gasteiger partial charge >= 0.3 is 0 Å². The molecule has 0 saturated carbocycles. The van der Waals surface area contributed by atoms with E-state index in [1.54, 1.807) is 0 Å². The van der Waals surface area contributed by atoms with Crippen molar-refractivity contribution in [3.05, 3.63) is 0 Å². The van der Waals surface area contributed by atoms with Crippen LogP contribution in [-0.2, 0) is 0 Å². The van der Waals surface area contributed by atoms with E-state index in [9.17, 15) is 8.78 Å². The Labute approximate surface area is 40.1 Å². The SMILES string of the molecule is CC(NO)C(F)F. The first-order valence-corrected chi connectivity index (χ1v) is 1.86. The van der Waals surface area contributed by atoms with Gasteiger partial charge in [-0.15, -0.1) is 0 Å². The monoisotopic (exact) mass is 111 g/mol. The Balaban J connectivity index is 3.14.